The van der Waals surface area contributed by atoms with Crippen LogP contribution < -0.4 is 20.7 Å². The van der Waals surface area contributed by atoms with Crippen LogP contribution in [-0.4, -0.2) is 47.1 Å². The number of hydrogen-bond acceptors (Lipinski definition) is 6. The van der Waals surface area contributed by atoms with Gasteiger partial charge in [0.1, 0.15) is 0 Å². The average Bonchev–Trinajstić information content (AvgIpc) is 3.32. The van der Waals surface area contributed by atoms with Crippen molar-refractivity contribution in [3.8, 4) is 17.0 Å². The van der Waals surface area contributed by atoms with E-state index in [1.165, 1.54) is 13.2 Å². The van der Waals surface area contributed by atoms with Gasteiger partial charge in [-0.05, 0) is 49.7 Å². The SMILES string of the molecule is CNC(CC(C)CNC(=O)c1ccccc1)Nc1nccn2c(-c3ccc(OC)c(F)c3)cnc12. The van der Waals surface area contributed by atoms with Crippen LogP contribution in [0.3, 0.4) is 0 Å². The number of ether oxygens (including phenoxy) is 1. The van der Waals surface area contributed by atoms with Gasteiger partial charge >= 0.3 is 0 Å². The Bertz CT molecular complexity index is 1290. The molecule has 1 amide bonds. The highest BCUT2D eigenvalue weighted by atomic mass is 19.1. The summed E-state index contributed by atoms with van der Waals surface area (Å²) in [6.45, 7) is 2.62. The van der Waals surface area contributed by atoms with Gasteiger partial charge in [-0.1, -0.05) is 25.1 Å². The molecule has 0 radical (unpaired) electrons. The van der Waals surface area contributed by atoms with Crippen LogP contribution in [0, 0.1) is 11.7 Å². The van der Waals surface area contributed by atoms with Crippen LogP contribution in [0.15, 0.2) is 67.1 Å². The van der Waals surface area contributed by atoms with Crippen molar-refractivity contribution in [1.82, 2.24) is 25.0 Å². The Labute approximate surface area is 203 Å². The number of methoxy groups -OCH3 is 1. The average molecular weight is 477 g/mol. The zero-order chi connectivity index (χ0) is 24.8. The number of nitrogens with zero attached hydrogens (tertiary/aromatic N) is 3. The van der Waals surface area contributed by atoms with Crippen LogP contribution in [0.2, 0.25) is 0 Å². The van der Waals surface area contributed by atoms with E-state index in [9.17, 15) is 9.18 Å². The highest BCUT2D eigenvalue weighted by Gasteiger charge is 2.17. The lowest BCUT2D eigenvalue weighted by Crippen LogP contribution is -2.38. The van der Waals surface area contributed by atoms with Crippen molar-refractivity contribution in [2.24, 2.45) is 5.92 Å². The Morgan fingerprint density at radius 3 is 2.69 bits per heavy atom. The smallest absolute Gasteiger partial charge is 0.251 e. The molecule has 2 atom stereocenters. The lowest BCUT2D eigenvalue weighted by Gasteiger charge is -2.22. The molecule has 35 heavy (non-hydrogen) atoms. The maximum atomic E-state index is 14.3. The zero-order valence-corrected chi connectivity index (χ0v) is 20.0. The number of rotatable bonds is 10. The second-order valence-corrected chi connectivity index (χ2v) is 8.36. The van der Waals surface area contributed by atoms with Gasteiger partial charge in [0.25, 0.3) is 5.91 Å². The van der Waals surface area contributed by atoms with E-state index in [0.717, 1.165) is 12.1 Å². The van der Waals surface area contributed by atoms with Gasteiger partial charge in [-0.15, -0.1) is 0 Å². The first kappa shape index (κ1) is 24.2. The highest BCUT2D eigenvalue weighted by Crippen LogP contribution is 2.27. The molecule has 0 aliphatic carbocycles. The number of nitrogens with one attached hydrogen (secondary N) is 3. The molecule has 2 aromatic carbocycles. The maximum Gasteiger partial charge on any atom is 0.251 e. The van der Waals surface area contributed by atoms with Crippen molar-refractivity contribution in [2.45, 2.75) is 19.5 Å². The second-order valence-electron chi connectivity index (χ2n) is 8.36. The van der Waals surface area contributed by atoms with Gasteiger partial charge in [-0.25, -0.2) is 14.4 Å². The van der Waals surface area contributed by atoms with E-state index >= 15 is 0 Å². The number of imidazole rings is 1. The summed E-state index contributed by atoms with van der Waals surface area (Å²) in [7, 11) is 3.30. The Morgan fingerprint density at radius 1 is 1.17 bits per heavy atom. The fraction of sp³-hybridized carbons (Fsp3) is 0.269. The summed E-state index contributed by atoms with van der Waals surface area (Å²) in [4.78, 5) is 21.3. The molecule has 2 heterocycles. The molecule has 0 saturated carbocycles. The number of carbonyl (C=O) groups is 1. The van der Waals surface area contributed by atoms with Crippen LogP contribution in [0.1, 0.15) is 23.7 Å². The van der Waals surface area contributed by atoms with E-state index in [-0.39, 0.29) is 23.7 Å². The fourth-order valence-corrected chi connectivity index (χ4v) is 3.92. The molecule has 0 aliphatic rings. The Kier molecular flexibility index (Phi) is 7.57. The predicted molar refractivity (Wildman–Crippen MR) is 134 cm³/mol. The molecular weight excluding hydrogens is 447 g/mol. The Balaban J connectivity index is 1.44. The summed E-state index contributed by atoms with van der Waals surface area (Å²) >= 11 is 0. The quantitative estimate of drug-likeness (QED) is 0.300. The van der Waals surface area contributed by atoms with E-state index in [2.05, 4.69) is 32.8 Å². The Hall–Kier alpha value is -3.98. The van der Waals surface area contributed by atoms with Crippen molar-refractivity contribution in [3.05, 3.63) is 78.5 Å². The molecule has 0 saturated heterocycles. The molecule has 9 heteroatoms. The third-order valence-corrected chi connectivity index (χ3v) is 5.82. The van der Waals surface area contributed by atoms with Crippen molar-refractivity contribution in [3.63, 3.8) is 0 Å². The van der Waals surface area contributed by atoms with E-state index < -0.39 is 5.82 Å². The standard InChI is InChI=1S/C26H29FN6O2/c1-17(15-31-26(34)18-7-5-4-6-8-18)13-23(28-2)32-24-25-30-16-21(33(25)12-11-29-24)19-9-10-22(35-3)20(27)14-19/h4-12,14,16-17,23,28H,13,15H2,1-3H3,(H,29,32)(H,31,34). The molecule has 4 rings (SSSR count). The van der Waals surface area contributed by atoms with Crippen LogP contribution in [0.5, 0.6) is 5.75 Å². The monoisotopic (exact) mass is 476 g/mol. The normalized spacial score (nSPS) is 12.8. The topological polar surface area (TPSA) is 92.6 Å². The molecule has 0 bridgehead atoms. The molecule has 0 spiro atoms. The molecule has 2 aromatic heterocycles. The zero-order valence-electron chi connectivity index (χ0n) is 20.0. The van der Waals surface area contributed by atoms with E-state index in [0.29, 0.717) is 29.1 Å². The Morgan fingerprint density at radius 2 is 1.97 bits per heavy atom. The number of amides is 1. The van der Waals surface area contributed by atoms with Gasteiger partial charge in [0, 0.05) is 30.1 Å². The molecule has 8 nitrogen and oxygen atoms in total. The van der Waals surface area contributed by atoms with Gasteiger partial charge in [0.15, 0.2) is 23.0 Å². The van der Waals surface area contributed by atoms with E-state index in [4.69, 9.17) is 4.74 Å². The number of carbonyl (C=O) groups excluding carboxylic acids is 1. The van der Waals surface area contributed by atoms with Crippen molar-refractivity contribution in [2.75, 3.05) is 26.0 Å². The maximum absolute atomic E-state index is 14.3. The first-order valence-corrected chi connectivity index (χ1v) is 11.4. The molecule has 182 valence electrons. The van der Waals surface area contributed by atoms with Crippen molar-refractivity contribution in [1.29, 1.82) is 0 Å². The molecule has 4 aromatic rings. The lowest BCUT2D eigenvalue weighted by atomic mass is 10.1. The van der Waals surface area contributed by atoms with Crippen LogP contribution >= 0.6 is 0 Å². The highest BCUT2D eigenvalue weighted by molar-refractivity contribution is 5.94. The van der Waals surface area contributed by atoms with E-state index in [1.807, 2.05) is 29.6 Å². The van der Waals surface area contributed by atoms with Gasteiger partial charge < -0.3 is 20.7 Å². The largest absolute Gasteiger partial charge is 0.494 e. The third-order valence-electron chi connectivity index (χ3n) is 5.82. The van der Waals surface area contributed by atoms with Gasteiger partial charge in [0.2, 0.25) is 0 Å². The first-order valence-electron chi connectivity index (χ1n) is 11.4. The molecular formula is C26H29FN6O2. The number of halogens is 1. The minimum Gasteiger partial charge on any atom is -0.494 e. The molecule has 0 aliphatic heterocycles. The summed E-state index contributed by atoms with van der Waals surface area (Å²) in [6, 6.07) is 14.0. The number of anilines is 1. The minimum absolute atomic E-state index is 0.0854. The van der Waals surface area contributed by atoms with Gasteiger partial charge in [0.05, 0.1) is 25.2 Å². The van der Waals surface area contributed by atoms with Gasteiger partial charge in [-0.3, -0.25) is 9.20 Å². The van der Waals surface area contributed by atoms with Crippen LogP contribution in [0.25, 0.3) is 16.9 Å². The number of hydrogen-bond donors (Lipinski definition) is 3. The molecule has 0 fully saturated rings. The number of aromatic nitrogens is 3. The predicted octanol–water partition coefficient (Wildman–Crippen LogP) is 3.96. The van der Waals surface area contributed by atoms with Crippen LogP contribution in [-0.2, 0) is 0 Å². The molecule has 2 unspecified atom stereocenters. The third kappa shape index (κ3) is 5.58. The fourth-order valence-electron chi connectivity index (χ4n) is 3.92. The summed E-state index contributed by atoms with van der Waals surface area (Å²) in [6.07, 6.45) is 5.80. The summed E-state index contributed by atoms with van der Waals surface area (Å²) in [5.41, 5.74) is 2.70. The van der Waals surface area contributed by atoms with Crippen molar-refractivity contribution < 1.29 is 13.9 Å². The van der Waals surface area contributed by atoms with Gasteiger partial charge in [-0.2, -0.15) is 0 Å². The summed E-state index contributed by atoms with van der Waals surface area (Å²) in [5, 5.41) is 9.65. The second kappa shape index (κ2) is 11.0. The van der Waals surface area contributed by atoms with E-state index in [1.54, 1.807) is 42.9 Å². The van der Waals surface area contributed by atoms with Crippen molar-refractivity contribution >= 4 is 17.4 Å². The van der Waals surface area contributed by atoms with Crippen LogP contribution in [0.4, 0.5) is 10.2 Å². The number of benzene rings is 2. The number of fused-ring (bicyclic) bond motifs is 1. The lowest BCUT2D eigenvalue weighted by molar-refractivity contribution is 0.0947. The molecule has 3 N–H and O–H groups in total. The minimum atomic E-state index is -0.434. The summed E-state index contributed by atoms with van der Waals surface area (Å²) < 4.78 is 21.1. The first-order chi connectivity index (χ1) is 17.0. The summed E-state index contributed by atoms with van der Waals surface area (Å²) in [5.74, 6) is 0.476.